The van der Waals surface area contributed by atoms with E-state index in [-0.39, 0.29) is 24.0 Å². The Balaban J connectivity index is 0.00000312. The molecule has 1 atom stereocenters. The van der Waals surface area contributed by atoms with E-state index in [9.17, 15) is 0 Å². The predicted molar refractivity (Wildman–Crippen MR) is 119 cm³/mol. The van der Waals surface area contributed by atoms with E-state index in [1.165, 1.54) is 5.56 Å². The SMILES string of the molecule is CCN(CC)C(CNC(=NC)NC1CC=CC1)Cc1ccccc1.I. The van der Waals surface area contributed by atoms with Crippen molar-refractivity contribution in [1.29, 1.82) is 0 Å². The molecule has 0 saturated carbocycles. The van der Waals surface area contributed by atoms with E-state index in [4.69, 9.17) is 0 Å². The normalized spacial score (nSPS) is 15.9. The fourth-order valence-electron chi connectivity index (χ4n) is 3.29. The van der Waals surface area contributed by atoms with Gasteiger partial charge in [-0.1, -0.05) is 56.3 Å². The summed E-state index contributed by atoms with van der Waals surface area (Å²) in [6, 6.07) is 11.7. The highest BCUT2D eigenvalue weighted by Crippen LogP contribution is 2.10. The fraction of sp³-hybridized carbons (Fsp3) is 0.550. The number of likely N-dealkylation sites (N-methyl/N-ethyl adjacent to an activating group) is 1. The molecule has 2 rings (SSSR count). The maximum absolute atomic E-state index is 4.39. The summed E-state index contributed by atoms with van der Waals surface area (Å²) in [4.78, 5) is 6.91. The van der Waals surface area contributed by atoms with Crippen molar-refractivity contribution in [2.75, 3.05) is 26.7 Å². The van der Waals surface area contributed by atoms with Gasteiger partial charge in [-0.3, -0.25) is 9.89 Å². The van der Waals surface area contributed by atoms with Gasteiger partial charge in [0, 0.05) is 25.7 Å². The Morgan fingerprint density at radius 1 is 1.16 bits per heavy atom. The van der Waals surface area contributed by atoms with Crippen molar-refractivity contribution in [2.45, 2.75) is 45.2 Å². The minimum Gasteiger partial charge on any atom is -0.355 e. The number of halogens is 1. The highest BCUT2D eigenvalue weighted by molar-refractivity contribution is 14.0. The summed E-state index contributed by atoms with van der Waals surface area (Å²) in [6.07, 6.45) is 7.70. The smallest absolute Gasteiger partial charge is 0.191 e. The van der Waals surface area contributed by atoms with Crippen LogP contribution < -0.4 is 10.6 Å². The van der Waals surface area contributed by atoms with Crippen LogP contribution in [-0.4, -0.2) is 49.6 Å². The van der Waals surface area contributed by atoms with E-state index in [0.717, 1.165) is 44.9 Å². The van der Waals surface area contributed by atoms with Crippen LogP contribution in [0.5, 0.6) is 0 Å². The molecule has 0 amide bonds. The van der Waals surface area contributed by atoms with Crippen LogP contribution in [0.25, 0.3) is 0 Å². The van der Waals surface area contributed by atoms with E-state index in [0.29, 0.717) is 12.1 Å². The zero-order valence-corrected chi connectivity index (χ0v) is 18.1. The number of nitrogens with one attached hydrogen (secondary N) is 2. The van der Waals surface area contributed by atoms with Crippen molar-refractivity contribution in [2.24, 2.45) is 4.99 Å². The topological polar surface area (TPSA) is 39.7 Å². The quantitative estimate of drug-likeness (QED) is 0.273. The lowest BCUT2D eigenvalue weighted by atomic mass is 10.0. The molecule has 0 heterocycles. The van der Waals surface area contributed by atoms with Gasteiger partial charge >= 0.3 is 0 Å². The molecule has 5 heteroatoms. The van der Waals surface area contributed by atoms with Gasteiger partial charge in [0.05, 0.1) is 0 Å². The second kappa shape index (κ2) is 12.3. The molecule has 0 fully saturated rings. The van der Waals surface area contributed by atoms with E-state index < -0.39 is 0 Å². The van der Waals surface area contributed by atoms with E-state index in [2.05, 4.69) is 76.9 Å². The molecule has 0 bridgehead atoms. The third-order valence-electron chi connectivity index (χ3n) is 4.72. The van der Waals surface area contributed by atoms with Gasteiger partial charge in [0.2, 0.25) is 0 Å². The molecule has 1 aliphatic carbocycles. The molecule has 1 aromatic carbocycles. The molecule has 140 valence electrons. The van der Waals surface area contributed by atoms with Crippen molar-refractivity contribution in [3.63, 3.8) is 0 Å². The van der Waals surface area contributed by atoms with Gasteiger partial charge < -0.3 is 10.6 Å². The van der Waals surface area contributed by atoms with E-state index in [1.54, 1.807) is 0 Å². The number of aliphatic imine (C=N–C) groups is 1. The summed E-state index contributed by atoms with van der Waals surface area (Å²) in [6.45, 7) is 7.50. The van der Waals surface area contributed by atoms with Crippen molar-refractivity contribution in [3.05, 3.63) is 48.0 Å². The number of rotatable bonds is 8. The van der Waals surface area contributed by atoms with Crippen LogP contribution in [0.2, 0.25) is 0 Å². The summed E-state index contributed by atoms with van der Waals surface area (Å²) in [5.41, 5.74) is 1.39. The first-order valence-corrected chi connectivity index (χ1v) is 9.16. The minimum absolute atomic E-state index is 0. The summed E-state index contributed by atoms with van der Waals surface area (Å²) >= 11 is 0. The Bertz CT molecular complexity index is 518. The Morgan fingerprint density at radius 2 is 1.80 bits per heavy atom. The highest BCUT2D eigenvalue weighted by Gasteiger charge is 2.18. The molecular formula is C20H33IN4. The third-order valence-corrected chi connectivity index (χ3v) is 4.72. The van der Waals surface area contributed by atoms with Gasteiger partial charge in [0.1, 0.15) is 0 Å². The zero-order valence-electron chi connectivity index (χ0n) is 15.7. The average molecular weight is 456 g/mol. The molecule has 0 spiro atoms. The van der Waals surface area contributed by atoms with Crippen LogP contribution >= 0.6 is 24.0 Å². The first-order chi connectivity index (χ1) is 11.8. The maximum atomic E-state index is 4.39. The summed E-state index contributed by atoms with van der Waals surface area (Å²) in [7, 11) is 1.85. The Labute approximate surface area is 170 Å². The molecule has 1 aromatic rings. The monoisotopic (exact) mass is 456 g/mol. The number of hydrogen-bond donors (Lipinski definition) is 2. The van der Waals surface area contributed by atoms with Crippen LogP contribution in [0.15, 0.2) is 47.5 Å². The maximum Gasteiger partial charge on any atom is 0.191 e. The summed E-state index contributed by atoms with van der Waals surface area (Å²) in [5.74, 6) is 0.911. The van der Waals surface area contributed by atoms with Crippen molar-refractivity contribution in [3.8, 4) is 0 Å². The van der Waals surface area contributed by atoms with Gasteiger partial charge in [-0.15, -0.1) is 24.0 Å². The summed E-state index contributed by atoms with van der Waals surface area (Å²) in [5, 5.41) is 7.05. The minimum atomic E-state index is 0. The first-order valence-electron chi connectivity index (χ1n) is 9.16. The molecule has 0 saturated heterocycles. The van der Waals surface area contributed by atoms with Gasteiger partial charge in [-0.25, -0.2) is 0 Å². The fourth-order valence-corrected chi connectivity index (χ4v) is 3.29. The number of guanidine groups is 1. The number of hydrogen-bond acceptors (Lipinski definition) is 2. The molecule has 0 aromatic heterocycles. The second-order valence-corrected chi connectivity index (χ2v) is 6.30. The van der Waals surface area contributed by atoms with Crippen molar-refractivity contribution < 1.29 is 0 Å². The molecule has 0 radical (unpaired) electrons. The summed E-state index contributed by atoms with van der Waals surface area (Å²) < 4.78 is 0. The Kier molecular flexibility index (Phi) is 10.8. The third kappa shape index (κ3) is 7.36. The molecule has 0 aliphatic heterocycles. The lowest BCUT2D eigenvalue weighted by molar-refractivity contribution is 0.215. The largest absolute Gasteiger partial charge is 0.355 e. The van der Waals surface area contributed by atoms with Gasteiger partial charge in [-0.2, -0.15) is 0 Å². The Hall–Kier alpha value is -1.08. The predicted octanol–water partition coefficient (Wildman–Crippen LogP) is 3.44. The molecule has 4 nitrogen and oxygen atoms in total. The number of nitrogens with zero attached hydrogens (tertiary/aromatic N) is 2. The zero-order chi connectivity index (χ0) is 17.2. The van der Waals surface area contributed by atoms with Gasteiger partial charge in [-0.05, 0) is 37.9 Å². The van der Waals surface area contributed by atoms with Crippen LogP contribution in [0.4, 0.5) is 0 Å². The molecular weight excluding hydrogens is 423 g/mol. The average Bonchev–Trinajstić information content (AvgIpc) is 3.13. The standard InChI is InChI=1S/C20H32N4.HI/c1-4-24(5-2)19(15-17-11-7-6-8-12-17)16-22-20(21-3)23-18-13-9-10-14-18;/h6-12,18-19H,4-5,13-16H2,1-3H3,(H2,21,22,23);1H. The lowest BCUT2D eigenvalue weighted by Crippen LogP contribution is -2.49. The van der Waals surface area contributed by atoms with Crippen LogP contribution in [0, 0.1) is 0 Å². The van der Waals surface area contributed by atoms with Gasteiger partial charge in [0.25, 0.3) is 0 Å². The molecule has 2 N–H and O–H groups in total. The van der Waals surface area contributed by atoms with Crippen molar-refractivity contribution >= 4 is 29.9 Å². The molecule has 1 aliphatic rings. The van der Waals surface area contributed by atoms with Crippen LogP contribution in [-0.2, 0) is 6.42 Å². The van der Waals surface area contributed by atoms with Crippen molar-refractivity contribution in [1.82, 2.24) is 15.5 Å². The second-order valence-electron chi connectivity index (χ2n) is 6.30. The number of benzene rings is 1. The van der Waals surface area contributed by atoms with E-state index >= 15 is 0 Å². The lowest BCUT2D eigenvalue weighted by Gasteiger charge is -2.31. The van der Waals surface area contributed by atoms with Gasteiger partial charge in [0.15, 0.2) is 5.96 Å². The van der Waals surface area contributed by atoms with E-state index in [1.807, 2.05) is 7.05 Å². The highest BCUT2D eigenvalue weighted by atomic mass is 127. The molecule has 25 heavy (non-hydrogen) atoms. The van der Waals surface area contributed by atoms with Crippen LogP contribution in [0.1, 0.15) is 32.3 Å². The molecule has 1 unspecified atom stereocenters. The first kappa shape index (κ1) is 22.0. The van der Waals surface area contributed by atoms with Crippen LogP contribution in [0.3, 0.4) is 0 Å². The Morgan fingerprint density at radius 3 is 2.36 bits per heavy atom.